The quantitative estimate of drug-likeness (QED) is 0.607. The topological polar surface area (TPSA) is 80.1 Å². The number of anilines is 1. The van der Waals surface area contributed by atoms with E-state index >= 15 is 0 Å². The zero-order valence-corrected chi connectivity index (χ0v) is 18.9. The largest absolute Gasteiger partial charge is 0.343 e. The summed E-state index contributed by atoms with van der Waals surface area (Å²) < 4.78 is 15.0. The van der Waals surface area contributed by atoms with Gasteiger partial charge in [0, 0.05) is 61.4 Å². The summed E-state index contributed by atoms with van der Waals surface area (Å²) in [6.45, 7) is 5.38. The summed E-state index contributed by atoms with van der Waals surface area (Å²) in [5, 5.41) is 2.74. The van der Waals surface area contributed by atoms with Crippen molar-refractivity contribution in [3.63, 3.8) is 0 Å². The molecule has 1 N–H and O–H groups in total. The molecule has 0 radical (unpaired) electrons. The van der Waals surface area contributed by atoms with Crippen LogP contribution >= 0.6 is 0 Å². The molecular weight excluding hydrogens is 421 g/mol. The maximum Gasteiger partial charge on any atom is 0.257 e. The number of carbonyl (C=O) groups is 2. The Kier molecular flexibility index (Phi) is 6.82. The second kappa shape index (κ2) is 9.94. The average molecular weight is 450 g/mol. The van der Waals surface area contributed by atoms with Gasteiger partial charge in [0.25, 0.3) is 5.91 Å². The highest BCUT2D eigenvalue weighted by atomic mass is 19.1. The fourth-order valence-electron chi connectivity index (χ4n) is 4.28. The molecule has 8 heteroatoms. The highest BCUT2D eigenvalue weighted by Gasteiger charge is 2.26. The summed E-state index contributed by atoms with van der Waals surface area (Å²) in [6, 6.07) is 9.34. The molecule has 0 aliphatic carbocycles. The van der Waals surface area contributed by atoms with Crippen LogP contribution in [-0.2, 0) is 4.79 Å². The first-order valence-corrected chi connectivity index (χ1v) is 11.2. The molecule has 33 heavy (non-hydrogen) atoms. The Morgan fingerprint density at radius 1 is 1.12 bits per heavy atom. The fraction of sp³-hybridized carbons (Fsp3) is 0.360. The van der Waals surface area contributed by atoms with E-state index in [0.29, 0.717) is 30.8 Å². The van der Waals surface area contributed by atoms with Crippen LogP contribution in [0.2, 0.25) is 0 Å². The molecule has 4 rings (SSSR count). The molecule has 3 heterocycles. The first-order valence-electron chi connectivity index (χ1n) is 11.2. The van der Waals surface area contributed by atoms with Gasteiger partial charge in [-0.1, -0.05) is 0 Å². The van der Waals surface area contributed by atoms with Crippen molar-refractivity contribution in [2.24, 2.45) is 0 Å². The summed E-state index contributed by atoms with van der Waals surface area (Å²) in [4.78, 5) is 35.8. The van der Waals surface area contributed by atoms with E-state index < -0.39 is 0 Å². The van der Waals surface area contributed by atoms with Crippen molar-refractivity contribution in [2.45, 2.75) is 45.1 Å². The number of hydrogen-bond acceptors (Lipinski definition) is 4. The number of carbonyl (C=O) groups excluding carboxylic acids is 2. The smallest absolute Gasteiger partial charge is 0.257 e. The number of likely N-dealkylation sites (tertiary alicyclic amines) is 1. The van der Waals surface area contributed by atoms with Crippen LogP contribution in [0.5, 0.6) is 0 Å². The zero-order valence-electron chi connectivity index (χ0n) is 18.9. The molecule has 1 aliphatic heterocycles. The van der Waals surface area contributed by atoms with Gasteiger partial charge < -0.3 is 14.8 Å². The van der Waals surface area contributed by atoms with E-state index in [9.17, 15) is 14.0 Å². The van der Waals surface area contributed by atoms with Gasteiger partial charge in [0.15, 0.2) is 0 Å². The summed E-state index contributed by atoms with van der Waals surface area (Å²) >= 11 is 0. The van der Waals surface area contributed by atoms with E-state index in [4.69, 9.17) is 0 Å². The van der Waals surface area contributed by atoms with Crippen LogP contribution in [-0.4, -0.2) is 44.3 Å². The highest BCUT2D eigenvalue weighted by molar-refractivity contribution is 6.04. The van der Waals surface area contributed by atoms with Gasteiger partial charge in [-0.05, 0) is 63.1 Å². The normalized spacial score (nSPS) is 15.3. The number of halogens is 1. The van der Waals surface area contributed by atoms with Crippen molar-refractivity contribution >= 4 is 17.5 Å². The highest BCUT2D eigenvalue weighted by Crippen LogP contribution is 2.28. The van der Waals surface area contributed by atoms with Crippen LogP contribution in [0.4, 0.5) is 10.1 Å². The molecule has 1 atom stereocenters. The molecule has 0 spiro atoms. The lowest BCUT2D eigenvalue weighted by atomic mass is 9.92. The lowest BCUT2D eigenvalue weighted by Gasteiger charge is -2.32. The first kappa shape index (κ1) is 22.6. The van der Waals surface area contributed by atoms with Gasteiger partial charge in [0.1, 0.15) is 11.6 Å². The van der Waals surface area contributed by atoms with Gasteiger partial charge in [-0.15, -0.1) is 0 Å². The van der Waals surface area contributed by atoms with Gasteiger partial charge in [0.05, 0.1) is 5.56 Å². The minimum atomic E-state index is -0.352. The third-order valence-corrected chi connectivity index (χ3v) is 6.22. The summed E-state index contributed by atoms with van der Waals surface area (Å²) in [5.41, 5.74) is 1.90. The van der Waals surface area contributed by atoms with Crippen LogP contribution < -0.4 is 5.32 Å². The zero-order chi connectivity index (χ0) is 23.4. The molecule has 1 saturated heterocycles. The van der Waals surface area contributed by atoms with E-state index in [-0.39, 0.29) is 29.6 Å². The molecular formula is C25H28FN5O2. The van der Waals surface area contributed by atoms with Crippen LogP contribution in [0.25, 0.3) is 0 Å². The Labute approximate surface area is 192 Å². The molecule has 0 bridgehead atoms. The number of nitrogens with zero attached hydrogens (tertiary/aromatic N) is 4. The Morgan fingerprint density at radius 3 is 2.45 bits per heavy atom. The van der Waals surface area contributed by atoms with Crippen molar-refractivity contribution in [3.8, 4) is 0 Å². The maximum atomic E-state index is 13.0. The Balaban J connectivity index is 1.28. The summed E-state index contributed by atoms with van der Waals surface area (Å²) in [6.07, 6.45) is 7.39. The number of pyridine rings is 1. The van der Waals surface area contributed by atoms with Gasteiger partial charge in [-0.2, -0.15) is 0 Å². The molecule has 7 nitrogen and oxygen atoms in total. The lowest BCUT2D eigenvalue weighted by molar-refractivity contribution is -0.133. The third kappa shape index (κ3) is 5.45. The van der Waals surface area contributed by atoms with E-state index in [1.807, 2.05) is 35.6 Å². The SMILES string of the molecule is Cc1nccn1C(C)CC(=O)N1CCC(c2ccc(C(=O)Nc3ccc(F)cc3)cn2)CC1. The second-order valence-electron chi connectivity index (χ2n) is 8.52. The Hall–Kier alpha value is -3.55. The minimum absolute atomic E-state index is 0.0768. The van der Waals surface area contributed by atoms with Crippen molar-refractivity contribution < 1.29 is 14.0 Å². The average Bonchev–Trinajstić information content (AvgIpc) is 3.26. The van der Waals surface area contributed by atoms with Crippen molar-refractivity contribution in [1.29, 1.82) is 0 Å². The van der Waals surface area contributed by atoms with Gasteiger partial charge in [-0.25, -0.2) is 9.37 Å². The van der Waals surface area contributed by atoms with Crippen molar-refractivity contribution in [2.75, 3.05) is 18.4 Å². The lowest BCUT2D eigenvalue weighted by Crippen LogP contribution is -2.38. The predicted octanol–water partition coefficient (Wildman–Crippen LogP) is 4.34. The van der Waals surface area contributed by atoms with Crippen molar-refractivity contribution in [3.05, 3.63) is 77.9 Å². The molecule has 2 amide bonds. The summed E-state index contributed by atoms with van der Waals surface area (Å²) in [5.74, 6) is 0.694. The molecule has 3 aromatic rings. The van der Waals surface area contributed by atoms with Crippen molar-refractivity contribution in [1.82, 2.24) is 19.4 Å². The number of nitrogens with one attached hydrogen (secondary N) is 1. The molecule has 1 fully saturated rings. The number of hydrogen-bond donors (Lipinski definition) is 1. The second-order valence-corrected chi connectivity index (χ2v) is 8.52. The van der Waals surface area contributed by atoms with E-state index in [0.717, 1.165) is 24.4 Å². The first-order chi connectivity index (χ1) is 15.9. The van der Waals surface area contributed by atoms with E-state index in [1.165, 1.54) is 24.3 Å². The van der Waals surface area contributed by atoms with E-state index in [2.05, 4.69) is 15.3 Å². The van der Waals surface area contributed by atoms with Gasteiger partial charge in [0.2, 0.25) is 5.91 Å². The number of aryl methyl sites for hydroxylation is 1. The number of benzene rings is 1. The van der Waals surface area contributed by atoms with Crippen LogP contribution in [0.3, 0.4) is 0 Å². The van der Waals surface area contributed by atoms with Gasteiger partial charge in [-0.3, -0.25) is 14.6 Å². The Bertz CT molecular complexity index is 1100. The minimum Gasteiger partial charge on any atom is -0.343 e. The van der Waals surface area contributed by atoms with E-state index in [1.54, 1.807) is 18.5 Å². The molecule has 0 saturated carbocycles. The van der Waals surface area contributed by atoms with Gasteiger partial charge >= 0.3 is 0 Å². The Morgan fingerprint density at radius 2 is 1.85 bits per heavy atom. The number of imidazole rings is 1. The molecule has 1 unspecified atom stereocenters. The molecule has 2 aromatic heterocycles. The number of rotatable bonds is 6. The van der Waals surface area contributed by atoms with Crippen LogP contribution in [0, 0.1) is 12.7 Å². The third-order valence-electron chi connectivity index (χ3n) is 6.22. The van der Waals surface area contributed by atoms with Crippen LogP contribution in [0.15, 0.2) is 55.0 Å². The number of aromatic nitrogens is 3. The van der Waals surface area contributed by atoms with Crippen LogP contribution in [0.1, 0.15) is 60.0 Å². The molecule has 1 aliphatic rings. The molecule has 1 aromatic carbocycles. The number of piperidine rings is 1. The fourth-order valence-corrected chi connectivity index (χ4v) is 4.28. The predicted molar refractivity (Wildman–Crippen MR) is 123 cm³/mol. The summed E-state index contributed by atoms with van der Waals surface area (Å²) in [7, 11) is 0. The monoisotopic (exact) mass is 449 g/mol. The standard InChI is InChI=1S/C25H28FN5O2/c1-17(31-14-11-27-18(31)2)15-24(32)30-12-9-19(10-13-30)23-8-3-20(16-28-23)25(33)29-22-6-4-21(26)5-7-22/h3-8,11,14,16-17,19H,9-10,12-13,15H2,1-2H3,(H,29,33). The maximum absolute atomic E-state index is 13.0. The molecule has 172 valence electrons. The number of amides is 2.